The predicted molar refractivity (Wildman–Crippen MR) is 37.4 cm³/mol. The Morgan fingerprint density at radius 3 is 3.10 bits per heavy atom. The molecule has 0 aromatic rings. The molecule has 2 heteroatoms. The van der Waals surface area contributed by atoms with E-state index in [0.717, 1.165) is 12.8 Å². The van der Waals surface area contributed by atoms with E-state index in [4.69, 9.17) is 4.74 Å². The first-order chi connectivity index (χ1) is 4.71. The maximum absolute atomic E-state index is 9.40. The largest absolute Gasteiger partial charge is 0.367 e. The highest BCUT2D eigenvalue weighted by Crippen LogP contribution is 2.43. The summed E-state index contributed by atoms with van der Waals surface area (Å²) in [6.07, 6.45) is 5.69. The van der Waals surface area contributed by atoms with Crippen molar-refractivity contribution >= 4 is 0 Å². The Morgan fingerprint density at radius 1 is 1.70 bits per heavy atom. The summed E-state index contributed by atoms with van der Waals surface area (Å²) in [5, 5.41) is 9.40. The van der Waals surface area contributed by atoms with E-state index in [2.05, 4.69) is 13.0 Å². The van der Waals surface area contributed by atoms with Crippen LogP contribution in [0.5, 0.6) is 0 Å². The molecule has 2 rings (SSSR count). The van der Waals surface area contributed by atoms with Gasteiger partial charge in [-0.3, -0.25) is 0 Å². The summed E-state index contributed by atoms with van der Waals surface area (Å²) >= 11 is 0. The Morgan fingerprint density at radius 2 is 2.50 bits per heavy atom. The van der Waals surface area contributed by atoms with Gasteiger partial charge in [0.2, 0.25) is 0 Å². The molecule has 1 N–H and O–H groups in total. The highest BCUT2D eigenvalue weighted by molar-refractivity contribution is 5.07. The molecule has 2 nitrogen and oxygen atoms in total. The van der Waals surface area contributed by atoms with Crippen molar-refractivity contribution < 1.29 is 9.84 Å². The number of fused-ring (bicyclic) bond motifs is 2. The van der Waals surface area contributed by atoms with Crippen LogP contribution < -0.4 is 0 Å². The van der Waals surface area contributed by atoms with Gasteiger partial charge >= 0.3 is 0 Å². The van der Waals surface area contributed by atoms with E-state index >= 15 is 0 Å². The standard InChI is InChI=1S/C8H12O2/c1-8-4-2-3-6(5-8)10-7(8)9/h2-3,6-7,9H,4-5H2,1H3. The number of aliphatic hydroxyl groups excluding tert-OH is 1. The number of rotatable bonds is 0. The zero-order valence-electron chi connectivity index (χ0n) is 6.08. The average molecular weight is 140 g/mol. The third kappa shape index (κ3) is 0.724. The van der Waals surface area contributed by atoms with Gasteiger partial charge in [-0.05, 0) is 12.8 Å². The smallest absolute Gasteiger partial charge is 0.161 e. The van der Waals surface area contributed by atoms with E-state index in [1.165, 1.54) is 0 Å². The fourth-order valence-corrected chi connectivity index (χ4v) is 1.72. The summed E-state index contributed by atoms with van der Waals surface area (Å²) in [5.41, 5.74) is -0.000579. The summed E-state index contributed by atoms with van der Waals surface area (Å²) in [6, 6.07) is 0. The van der Waals surface area contributed by atoms with Crippen LogP contribution in [0.3, 0.4) is 0 Å². The van der Waals surface area contributed by atoms with E-state index in [1.807, 2.05) is 6.08 Å². The molecule has 56 valence electrons. The molecule has 0 spiro atoms. The van der Waals surface area contributed by atoms with Gasteiger partial charge in [-0.25, -0.2) is 0 Å². The minimum Gasteiger partial charge on any atom is -0.367 e. The molecule has 1 aliphatic heterocycles. The molecule has 0 saturated carbocycles. The van der Waals surface area contributed by atoms with E-state index < -0.39 is 6.29 Å². The topological polar surface area (TPSA) is 29.5 Å². The van der Waals surface area contributed by atoms with E-state index in [1.54, 1.807) is 0 Å². The number of ether oxygens (including phenoxy) is 1. The van der Waals surface area contributed by atoms with Crippen molar-refractivity contribution in [2.75, 3.05) is 0 Å². The van der Waals surface area contributed by atoms with Gasteiger partial charge < -0.3 is 9.84 Å². The molecule has 0 aromatic carbocycles. The van der Waals surface area contributed by atoms with Crippen LogP contribution in [0.4, 0.5) is 0 Å². The molecular weight excluding hydrogens is 128 g/mol. The minimum absolute atomic E-state index is 0.000579. The summed E-state index contributed by atoms with van der Waals surface area (Å²) in [6.45, 7) is 2.07. The molecule has 2 aliphatic rings. The maximum Gasteiger partial charge on any atom is 0.161 e. The van der Waals surface area contributed by atoms with Gasteiger partial charge in [-0.2, -0.15) is 0 Å². The molecular formula is C8H12O2. The van der Waals surface area contributed by atoms with Gasteiger partial charge in [0.05, 0.1) is 6.10 Å². The Bertz CT molecular complexity index is 176. The number of allylic oxidation sites excluding steroid dienone is 1. The number of hydrogen-bond acceptors (Lipinski definition) is 2. The van der Waals surface area contributed by atoms with Gasteiger partial charge in [-0.15, -0.1) is 0 Å². The second kappa shape index (κ2) is 1.83. The van der Waals surface area contributed by atoms with Crippen LogP contribution in [0.2, 0.25) is 0 Å². The normalized spacial score (nSPS) is 51.8. The lowest BCUT2D eigenvalue weighted by Crippen LogP contribution is -2.26. The zero-order valence-corrected chi connectivity index (χ0v) is 6.08. The fourth-order valence-electron chi connectivity index (χ4n) is 1.72. The van der Waals surface area contributed by atoms with Crippen LogP contribution in [0, 0.1) is 5.41 Å². The van der Waals surface area contributed by atoms with Crippen molar-refractivity contribution in [3.63, 3.8) is 0 Å². The molecule has 0 radical (unpaired) electrons. The first-order valence-electron chi connectivity index (χ1n) is 3.71. The van der Waals surface area contributed by atoms with E-state index in [9.17, 15) is 5.11 Å². The van der Waals surface area contributed by atoms with Crippen molar-refractivity contribution in [1.82, 2.24) is 0 Å². The highest BCUT2D eigenvalue weighted by Gasteiger charge is 2.44. The SMILES string of the molecule is CC12CC=CC(C1)OC2O. The number of aliphatic hydroxyl groups is 1. The molecule has 3 unspecified atom stereocenters. The summed E-state index contributed by atoms with van der Waals surface area (Å²) < 4.78 is 5.26. The fraction of sp³-hybridized carbons (Fsp3) is 0.750. The van der Waals surface area contributed by atoms with E-state index in [0.29, 0.717) is 0 Å². The van der Waals surface area contributed by atoms with Crippen LogP contribution >= 0.6 is 0 Å². The Balaban J connectivity index is 2.27. The molecule has 0 amide bonds. The average Bonchev–Trinajstić information content (AvgIpc) is 2.04. The Labute approximate surface area is 60.5 Å². The second-order valence-corrected chi connectivity index (χ2v) is 3.52. The van der Waals surface area contributed by atoms with Crippen molar-refractivity contribution in [2.24, 2.45) is 5.41 Å². The number of hydrogen-bond donors (Lipinski definition) is 1. The Hall–Kier alpha value is -0.340. The van der Waals surface area contributed by atoms with Gasteiger partial charge in [-0.1, -0.05) is 19.1 Å². The zero-order chi connectivity index (χ0) is 7.19. The minimum atomic E-state index is -0.549. The second-order valence-electron chi connectivity index (χ2n) is 3.52. The van der Waals surface area contributed by atoms with Crippen LogP contribution in [-0.2, 0) is 4.74 Å². The van der Waals surface area contributed by atoms with Gasteiger partial charge in [0.15, 0.2) is 6.29 Å². The predicted octanol–water partition coefficient (Wildman–Crippen LogP) is 1.06. The molecule has 1 fully saturated rings. The third-order valence-electron chi connectivity index (χ3n) is 2.50. The lowest BCUT2D eigenvalue weighted by molar-refractivity contribution is -0.120. The highest BCUT2D eigenvalue weighted by atomic mass is 16.6. The van der Waals surface area contributed by atoms with Gasteiger partial charge in [0.25, 0.3) is 0 Å². The Kier molecular flexibility index (Phi) is 1.17. The first kappa shape index (κ1) is 6.38. The quantitative estimate of drug-likeness (QED) is 0.510. The molecule has 10 heavy (non-hydrogen) atoms. The van der Waals surface area contributed by atoms with Crippen LogP contribution in [0.15, 0.2) is 12.2 Å². The van der Waals surface area contributed by atoms with Crippen molar-refractivity contribution in [1.29, 1.82) is 0 Å². The molecule has 2 bridgehead atoms. The lowest BCUT2D eigenvalue weighted by atomic mass is 9.80. The third-order valence-corrected chi connectivity index (χ3v) is 2.50. The first-order valence-corrected chi connectivity index (χ1v) is 3.71. The molecule has 0 aromatic heterocycles. The van der Waals surface area contributed by atoms with Crippen molar-refractivity contribution in [3.8, 4) is 0 Å². The van der Waals surface area contributed by atoms with Gasteiger partial charge in [0.1, 0.15) is 0 Å². The van der Waals surface area contributed by atoms with Crippen LogP contribution in [0.1, 0.15) is 19.8 Å². The molecule has 3 atom stereocenters. The molecule has 1 saturated heterocycles. The molecule has 1 aliphatic carbocycles. The van der Waals surface area contributed by atoms with Gasteiger partial charge in [0, 0.05) is 5.41 Å². The summed E-state index contributed by atoms with van der Waals surface area (Å²) in [5.74, 6) is 0. The van der Waals surface area contributed by atoms with Crippen LogP contribution in [0.25, 0.3) is 0 Å². The maximum atomic E-state index is 9.40. The van der Waals surface area contributed by atoms with Crippen LogP contribution in [-0.4, -0.2) is 17.5 Å². The van der Waals surface area contributed by atoms with Crippen molar-refractivity contribution in [2.45, 2.75) is 32.2 Å². The summed E-state index contributed by atoms with van der Waals surface area (Å²) in [7, 11) is 0. The lowest BCUT2D eigenvalue weighted by Gasteiger charge is -2.25. The summed E-state index contributed by atoms with van der Waals surface area (Å²) in [4.78, 5) is 0. The molecule has 1 heterocycles. The monoisotopic (exact) mass is 140 g/mol. The van der Waals surface area contributed by atoms with E-state index in [-0.39, 0.29) is 11.5 Å². The van der Waals surface area contributed by atoms with Crippen molar-refractivity contribution in [3.05, 3.63) is 12.2 Å².